The monoisotopic (exact) mass is 290 g/mol. The minimum atomic E-state index is -0.382. The SMILES string of the molecule is CCOC(=O)c1cnc(-c2ccc(Cl)cc2)nc1CC. The summed E-state index contributed by atoms with van der Waals surface area (Å²) in [7, 11) is 0. The first-order valence-electron chi connectivity index (χ1n) is 6.44. The molecule has 1 heterocycles. The van der Waals surface area contributed by atoms with Crippen LogP contribution in [0, 0.1) is 0 Å². The van der Waals surface area contributed by atoms with E-state index in [4.69, 9.17) is 16.3 Å². The quantitative estimate of drug-likeness (QED) is 0.808. The first-order valence-corrected chi connectivity index (χ1v) is 6.82. The van der Waals surface area contributed by atoms with Gasteiger partial charge in [0.15, 0.2) is 5.82 Å². The number of carbonyl (C=O) groups is 1. The molecular weight excluding hydrogens is 276 g/mol. The second kappa shape index (κ2) is 6.48. The lowest BCUT2D eigenvalue weighted by Crippen LogP contribution is -2.11. The zero-order chi connectivity index (χ0) is 14.5. The van der Waals surface area contributed by atoms with Crippen LogP contribution >= 0.6 is 11.6 Å². The van der Waals surface area contributed by atoms with Crippen LogP contribution in [0.2, 0.25) is 5.02 Å². The highest BCUT2D eigenvalue weighted by atomic mass is 35.5. The van der Waals surface area contributed by atoms with Crippen molar-refractivity contribution in [1.82, 2.24) is 9.97 Å². The van der Waals surface area contributed by atoms with Gasteiger partial charge in [0.05, 0.1) is 17.9 Å². The molecule has 0 N–H and O–H groups in total. The molecule has 0 aliphatic rings. The van der Waals surface area contributed by atoms with Crippen molar-refractivity contribution >= 4 is 17.6 Å². The summed E-state index contributed by atoms with van der Waals surface area (Å²) in [6.07, 6.45) is 2.16. The molecule has 4 nitrogen and oxygen atoms in total. The Bertz CT molecular complexity index is 612. The smallest absolute Gasteiger partial charge is 0.341 e. The number of aryl methyl sites for hydroxylation is 1. The number of hydrogen-bond donors (Lipinski definition) is 0. The summed E-state index contributed by atoms with van der Waals surface area (Å²) in [4.78, 5) is 20.5. The summed E-state index contributed by atoms with van der Waals surface area (Å²) in [5.41, 5.74) is 1.97. The molecule has 0 unspecified atom stereocenters. The van der Waals surface area contributed by atoms with Crippen molar-refractivity contribution in [3.8, 4) is 11.4 Å². The van der Waals surface area contributed by atoms with E-state index < -0.39 is 0 Å². The number of aromatic nitrogens is 2. The highest BCUT2D eigenvalue weighted by Crippen LogP contribution is 2.19. The van der Waals surface area contributed by atoms with E-state index in [1.54, 1.807) is 19.1 Å². The Kier molecular flexibility index (Phi) is 4.69. The first-order chi connectivity index (χ1) is 9.65. The fourth-order valence-corrected chi connectivity index (χ4v) is 1.93. The highest BCUT2D eigenvalue weighted by molar-refractivity contribution is 6.30. The van der Waals surface area contributed by atoms with Crippen molar-refractivity contribution in [2.24, 2.45) is 0 Å². The molecule has 20 heavy (non-hydrogen) atoms. The normalized spacial score (nSPS) is 10.3. The molecule has 1 aromatic carbocycles. The molecule has 0 amide bonds. The molecule has 2 rings (SSSR count). The average Bonchev–Trinajstić information content (AvgIpc) is 2.47. The molecule has 2 aromatic rings. The number of ether oxygens (including phenoxy) is 1. The summed E-state index contributed by atoms with van der Waals surface area (Å²) in [5, 5.41) is 0.660. The van der Waals surface area contributed by atoms with E-state index in [9.17, 15) is 4.79 Å². The zero-order valence-electron chi connectivity index (χ0n) is 11.4. The summed E-state index contributed by atoms with van der Waals surface area (Å²) >= 11 is 5.86. The van der Waals surface area contributed by atoms with Crippen molar-refractivity contribution in [2.45, 2.75) is 20.3 Å². The second-order valence-electron chi connectivity index (χ2n) is 4.13. The fraction of sp³-hybridized carbons (Fsp3) is 0.267. The lowest BCUT2D eigenvalue weighted by atomic mass is 10.1. The van der Waals surface area contributed by atoms with E-state index in [2.05, 4.69) is 9.97 Å². The van der Waals surface area contributed by atoms with Crippen LogP contribution in [0.3, 0.4) is 0 Å². The molecule has 104 valence electrons. The van der Waals surface area contributed by atoms with Gasteiger partial charge >= 0.3 is 5.97 Å². The van der Waals surface area contributed by atoms with Gasteiger partial charge in [0.25, 0.3) is 0 Å². The average molecular weight is 291 g/mol. The molecule has 0 atom stereocenters. The van der Waals surface area contributed by atoms with Gasteiger partial charge in [-0.15, -0.1) is 0 Å². The summed E-state index contributed by atoms with van der Waals surface area (Å²) in [6, 6.07) is 7.26. The molecule has 0 saturated heterocycles. The maximum absolute atomic E-state index is 11.8. The van der Waals surface area contributed by atoms with Gasteiger partial charge < -0.3 is 4.74 Å². The van der Waals surface area contributed by atoms with E-state index in [0.717, 1.165) is 5.56 Å². The maximum Gasteiger partial charge on any atom is 0.341 e. The minimum Gasteiger partial charge on any atom is -0.462 e. The number of nitrogens with zero attached hydrogens (tertiary/aromatic N) is 2. The van der Waals surface area contributed by atoms with Gasteiger partial charge in [-0.05, 0) is 37.6 Å². The number of benzene rings is 1. The number of esters is 1. The van der Waals surface area contributed by atoms with Gasteiger partial charge in [-0.1, -0.05) is 18.5 Å². The zero-order valence-corrected chi connectivity index (χ0v) is 12.1. The fourth-order valence-electron chi connectivity index (χ4n) is 1.80. The Morgan fingerprint density at radius 2 is 1.95 bits per heavy atom. The van der Waals surface area contributed by atoms with Crippen LogP contribution in [0.15, 0.2) is 30.5 Å². The van der Waals surface area contributed by atoms with E-state index in [0.29, 0.717) is 35.1 Å². The maximum atomic E-state index is 11.8. The highest BCUT2D eigenvalue weighted by Gasteiger charge is 2.15. The molecule has 0 aliphatic carbocycles. The van der Waals surface area contributed by atoms with Crippen LogP contribution < -0.4 is 0 Å². The standard InChI is InChI=1S/C15H15ClN2O2/c1-3-13-12(15(19)20-4-2)9-17-14(18-13)10-5-7-11(16)8-6-10/h5-9H,3-4H2,1-2H3. The predicted octanol–water partition coefficient (Wildman–Crippen LogP) is 3.54. The van der Waals surface area contributed by atoms with Crippen molar-refractivity contribution < 1.29 is 9.53 Å². The van der Waals surface area contributed by atoms with Crippen LogP contribution in [0.5, 0.6) is 0 Å². The molecule has 0 radical (unpaired) electrons. The van der Waals surface area contributed by atoms with Crippen molar-refractivity contribution in [3.05, 3.63) is 46.7 Å². The molecule has 0 aliphatic heterocycles. The van der Waals surface area contributed by atoms with Gasteiger partial charge in [-0.25, -0.2) is 14.8 Å². The third kappa shape index (κ3) is 3.14. The Morgan fingerprint density at radius 1 is 1.25 bits per heavy atom. The second-order valence-corrected chi connectivity index (χ2v) is 4.57. The topological polar surface area (TPSA) is 52.1 Å². The largest absolute Gasteiger partial charge is 0.462 e. The van der Waals surface area contributed by atoms with E-state index in [-0.39, 0.29) is 5.97 Å². The predicted molar refractivity (Wildman–Crippen MR) is 77.8 cm³/mol. The van der Waals surface area contributed by atoms with Crippen LogP contribution in [0.25, 0.3) is 11.4 Å². The van der Waals surface area contributed by atoms with Gasteiger partial charge in [-0.2, -0.15) is 0 Å². The third-order valence-corrected chi connectivity index (χ3v) is 3.05. The number of halogens is 1. The Labute approximate surface area is 122 Å². The lowest BCUT2D eigenvalue weighted by molar-refractivity contribution is 0.0524. The minimum absolute atomic E-state index is 0.334. The Morgan fingerprint density at radius 3 is 2.55 bits per heavy atom. The van der Waals surface area contributed by atoms with Crippen molar-refractivity contribution in [3.63, 3.8) is 0 Å². The molecule has 0 saturated carbocycles. The van der Waals surface area contributed by atoms with Gasteiger partial charge in [0.2, 0.25) is 0 Å². The molecular formula is C15H15ClN2O2. The molecule has 1 aromatic heterocycles. The summed E-state index contributed by atoms with van der Waals surface area (Å²) in [5.74, 6) is 0.193. The number of rotatable bonds is 4. The Hall–Kier alpha value is -1.94. The van der Waals surface area contributed by atoms with E-state index in [1.807, 2.05) is 19.1 Å². The molecule has 0 spiro atoms. The first kappa shape index (κ1) is 14.5. The van der Waals surface area contributed by atoms with Crippen molar-refractivity contribution in [2.75, 3.05) is 6.61 Å². The number of carbonyl (C=O) groups excluding carboxylic acids is 1. The molecule has 5 heteroatoms. The van der Waals surface area contributed by atoms with Crippen LogP contribution in [-0.4, -0.2) is 22.5 Å². The van der Waals surface area contributed by atoms with Crippen molar-refractivity contribution in [1.29, 1.82) is 0 Å². The van der Waals surface area contributed by atoms with Crippen LogP contribution in [0.1, 0.15) is 29.9 Å². The van der Waals surface area contributed by atoms with Crippen LogP contribution in [-0.2, 0) is 11.2 Å². The molecule has 0 bridgehead atoms. The summed E-state index contributed by atoms with van der Waals surface area (Å²) < 4.78 is 5.00. The van der Waals surface area contributed by atoms with Gasteiger partial charge in [0, 0.05) is 16.8 Å². The summed E-state index contributed by atoms with van der Waals surface area (Å²) in [6.45, 7) is 4.05. The van der Waals surface area contributed by atoms with E-state index >= 15 is 0 Å². The van der Waals surface area contributed by atoms with Gasteiger partial charge in [0.1, 0.15) is 0 Å². The molecule has 0 fully saturated rings. The van der Waals surface area contributed by atoms with Gasteiger partial charge in [-0.3, -0.25) is 0 Å². The number of hydrogen-bond acceptors (Lipinski definition) is 4. The van der Waals surface area contributed by atoms with Crippen LogP contribution in [0.4, 0.5) is 0 Å². The third-order valence-electron chi connectivity index (χ3n) is 2.80. The van der Waals surface area contributed by atoms with E-state index in [1.165, 1.54) is 6.20 Å². The lowest BCUT2D eigenvalue weighted by Gasteiger charge is -2.08. The Balaban J connectivity index is 2.38.